The predicted molar refractivity (Wildman–Crippen MR) is 51.5 cm³/mol. The number of carbonyl (C=O) groups is 1. The minimum Gasteiger partial charge on any atom is -0.354 e. The largest absolute Gasteiger partial charge is 0.354 e. The van der Waals surface area contributed by atoms with Gasteiger partial charge < -0.3 is 9.64 Å². The van der Waals surface area contributed by atoms with Gasteiger partial charge in [0.05, 0.1) is 12.6 Å². The Hall–Kier alpha value is -0.570. The second kappa shape index (κ2) is 2.51. The number of amides is 1. The molecule has 0 aromatic rings. The maximum atomic E-state index is 11.9. The monoisotopic (exact) mass is 195 g/mol. The summed E-state index contributed by atoms with van der Waals surface area (Å²) in [6.45, 7) is 4.75. The highest BCUT2D eigenvalue weighted by Crippen LogP contribution is 2.49. The molecule has 0 radical (unpaired) electrons. The Labute approximate surface area is 84.4 Å². The SMILES string of the molecule is CC1(C)OCC2C(C3CC3)CC(=O)N21. The zero-order chi connectivity index (χ0) is 9.92. The Balaban J connectivity index is 1.88. The zero-order valence-electron chi connectivity index (χ0n) is 8.82. The molecule has 0 bridgehead atoms. The normalized spacial score (nSPS) is 40.4. The van der Waals surface area contributed by atoms with Gasteiger partial charge in [0.25, 0.3) is 0 Å². The molecule has 0 aromatic carbocycles. The fourth-order valence-electron chi connectivity index (χ4n) is 3.07. The van der Waals surface area contributed by atoms with E-state index in [0.29, 0.717) is 17.9 Å². The number of fused-ring (bicyclic) bond motifs is 1. The first kappa shape index (κ1) is 8.72. The van der Waals surface area contributed by atoms with Gasteiger partial charge in [-0.3, -0.25) is 4.79 Å². The van der Waals surface area contributed by atoms with Crippen molar-refractivity contribution in [3.05, 3.63) is 0 Å². The van der Waals surface area contributed by atoms with Crippen LogP contribution in [-0.4, -0.2) is 29.2 Å². The van der Waals surface area contributed by atoms with E-state index < -0.39 is 0 Å². The van der Waals surface area contributed by atoms with E-state index in [4.69, 9.17) is 4.74 Å². The van der Waals surface area contributed by atoms with E-state index in [1.54, 1.807) is 0 Å². The summed E-state index contributed by atoms with van der Waals surface area (Å²) in [7, 11) is 0. The highest BCUT2D eigenvalue weighted by molar-refractivity contribution is 5.80. The van der Waals surface area contributed by atoms with E-state index in [2.05, 4.69) is 0 Å². The van der Waals surface area contributed by atoms with Crippen molar-refractivity contribution in [3.63, 3.8) is 0 Å². The first-order valence-electron chi connectivity index (χ1n) is 5.56. The van der Waals surface area contributed by atoms with Crippen LogP contribution in [0.25, 0.3) is 0 Å². The molecule has 3 heteroatoms. The van der Waals surface area contributed by atoms with E-state index in [0.717, 1.165) is 18.9 Å². The molecule has 2 saturated heterocycles. The van der Waals surface area contributed by atoms with E-state index in [9.17, 15) is 4.79 Å². The second-order valence-electron chi connectivity index (χ2n) is 5.29. The van der Waals surface area contributed by atoms with Gasteiger partial charge in [-0.15, -0.1) is 0 Å². The van der Waals surface area contributed by atoms with Crippen LogP contribution in [0.5, 0.6) is 0 Å². The summed E-state index contributed by atoms with van der Waals surface area (Å²) in [5.41, 5.74) is -0.356. The highest BCUT2D eigenvalue weighted by Gasteiger charge is 2.55. The average Bonchev–Trinajstić information content (AvgIpc) is 2.81. The van der Waals surface area contributed by atoms with E-state index in [1.807, 2.05) is 18.7 Å². The van der Waals surface area contributed by atoms with Crippen LogP contribution in [0.2, 0.25) is 0 Å². The molecule has 2 heterocycles. The molecule has 14 heavy (non-hydrogen) atoms. The van der Waals surface area contributed by atoms with Gasteiger partial charge in [0.15, 0.2) is 0 Å². The molecular weight excluding hydrogens is 178 g/mol. The van der Waals surface area contributed by atoms with Crippen LogP contribution in [-0.2, 0) is 9.53 Å². The molecule has 2 atom stereocenters. The molecule has 1 saturated carbocycles. The second-order valence-corrected chi connectivity index (χ2v) is 5.29. The van der Waals surface area contributed by atoms with E-state index in [-0.39, 0.29) is 5.72 Å². The van der Waals surface area contributed by atoms with Gasteiger partial charge in [0.2, 0.25) is 5.91 Å². The zero-order valence-corrected chi connectivity index (χ0v) is 8.82. The lowest BCUT2D eigenvalue weighted by Gasteiger charge is -2.29. The Morgan fingerprint density at radius 1 is 1.43 bits per heavy atom. The third-order valence-corrected chi connectivity index (χ3v) is 3.92. The van der Waals surface area contributed by atoms with E-state index >= 15 is 0 Å². The first-order valence-corrected chi connectivity index (χ1v) is 5.56. The maximum Gasteiger partial charge on any atom is 0.225 e. The third kappa shape index (κ3) is 1.05. The van der Waals surface area contributed by atoms with Crippen LogP contribution in [0.15, 0.2) is 0 Å². The molecule has 1 aliphatic carbocycles. The van der Waals surface area contributed by atoms with Crippen LogP contribution in [0.1, 0.15) is 33.1 Å². The predicted octanol–water partition coefficient (Wildman–Crippen LogP) is 1.38. The fraction of sp³-hybridized carbons (Fsp3) is 0.909. The minimum absolute atomic E-state index is 0.300. The summed E-state index contributed by atoms with van der Waals surface area (Å²) < 4.78 is 5.69. The summed E-state index contributed by atoms with van der Waals surface area (Å²) in [4.78, 5) is 13.8. The number of ether oxygens (including phenoxy) is 1. The number of rotatable bonds is 1. The highest BCUT2D eigenvalue weighted by atomic mass is 16.5. The molecule has 3 aliphatic rings. The van der Waals surface area contributed by atoms with Gasteiger partial charge >= 0.3 is 0 Å². The smallest absolute Gasteiger partial charge is 0.225 e. The van der Waals surface area contributed by atoms with Gasteiger partial charge in [-0.1, -0.05) is 0 Å². The Morgan fingerprint density at radius 2 is 2.14 bits per heavy atom. The molecule has 3 rings (SSSR count). The van der Waals surface area contributed by atoms with Crippen molar-refractivity contribution in [1.82, 2.24) is 4.90 Å². The molecule has 3 fully saturated rings. The lowest BCUT2D eigenvalue weighted by molar-refractivity contribution is -0.141. The number of hydrogen-bond donors (Lipinski definition) is 0. The molecule has 0 spiro atoms. The Kier molecular flexibility index (Phi) is 1.56. The molecule has 1 amide bonds. The van der Waals surface area contributed by atoms with Crippen LogP contribution in [0.3, 0.4) is 0 Å². The van der Waals surface area contributed by atoms with Crippen LogP contribution in [0, 0.1) is 11.8 Å². The topological polar surface area (TPSA) is 29.5 Å². The average molecular weight is 195 g/mol. The summed E-state index contributed by atoms with van der Waals surface area (Å²) in [5.74, 6) is 1.70. The summed E-state index contributed by atoms with van der Waals surface area (Å²) in [6, 6.07) is 0.380. The fourth-order valence-corrected chi connectivity index (χ4v) is 3.07. The molecule has 3 nitrogen and oxygen atoms in total. The van der Waals surface area contributed by atoms with E-state index in [1.165, 1.54) is 12.8 Å². The molecular formula is C11H17NO2. The Morgan fingerprint density at radius 3 is 2.79 bits per heavy atom. The van der Waals surface area contributed by atoms with Crippen molar-refractivity contribution >= 4 is 5.91 Å². The van der Waals surface area contributed by atoms with Gasteiger partial charge in [-0.2, -0.15) is 0 Å². The quantitative estimate of drug-likeness (QED) is 0.632. The first-order chi connectivity index (χ1) is 6.59. The van der Waals surface area contributed by atoms with Crippen LogP contribution >= 0.6 is 0 Å². The van der Waals surface area contributed by atoms with Crippen molar-refractivity contribution in [1.29, 1.82) is 0 Å². The molecule has 2 unspecified atom stereocenters. The maximum absolute atomic E-state index is 11.9. The lowest BCUT2D eigenvalue weighted by atomic mass is 9.96. The molecule has 2 aliphatic heterocycles. The van der Waals surface area contributed by atoms with Crippen LogP contribution in [0.4, 0.5) is 0 Å². The van der Waals surface area contributed by atoms with Gasteiger partial charge in [-0.05, 0) is 38.5 Å². The van der Waals surface area contributed by atoms with Gasteiger partial charge in [-0.25, -0.2) is 0 Å². The third-order valence-electron chi connectivity index (χ3n) is 3.92. The number of nitrogens with zero attached hydrogens (tertiary/aromatic N) is 1. The van der Waals surface area contributed by atoms with Crippen molar-refractivity contribution in [3.8, 4) is 0 Å². The minimum atomic E-state index is -0.356. The standard InChI is InChI=1S/C11H17NO2/c1-11(2)12-9(6-14-11)8(5-10(12)13)7-3-4-7/h7-9H,3-6H2,1-2H3. The molecule has 0 N–H and O–H groups in total. The number of hydrogen-bond acceptors (Lipinski definition) is 2. The van der Waals surface area contributed by atoms with Gasteiger partial charge in [0.1, 0.15) is 5.72 Å². The number of carbonyl (C=O) groups excluding carboxylic acids is 1. The van der Waals surface area contributed by atoms with Crippen molar-refractivity contribution in [2.24, 2.45) is 11.8 Å². The molecule has 78 valence electrons. The Bertz CT molecular complexity index is 283. The molecule has 0 aromatic heterocycles. The van der Waals surface area contributed by atoms with Crippen molar-refractivity contribution < 1.29 is 9.53 Å². The lowest BCUT2D eigenvalue weighted by Crippen LogP contribution is -2.44. The summed E-state index contributed by atoms with van der Waals surface area (Å²) >= 11 is 0. The summed E-state index contributed by atoms with van der Waals surface area (Å²) in [5, 5.41) is 0. The van der Waals surface area contributed by atoms with Gasteiger partial charge in [0, 0.05) is 6.42 Å². The summed E-state index contributed by atoms with van der Waals surface area (Å²) in [6.07, 6.45) is 3.41. The van der Waals surface area contributed by atoms with Crippen molar-refractivity contribution in [2.75, 3.05) is 6.61 Å². The van der Waals surface area contributed by atoms with Crippen molar-refractivity contribution in [2.45, 2.75) is 44.9 Å². The van der Waals surface area contributed by atoms with Crippen LogP contribution < -0.4 is 0 Å².